The zero-order valence-corrected chi connectivity index (χ0v) is 13.0. The van der Waals surface area contributed by atoms with Gasteiger partial charge in [-0.15, -0.1) is 0 Å². The summed E-state index contributed by atoms with van der Waals surface area (Å²) < 4.78 is 4.94. The van der Waals surface area contributed by atoms with Crippen LogP contribution in [0.25, 0.3) is 0 Å². The van der Waals surface area contributed by atoms with Crippen LogP contribution in [0, 0.1) is 0 Å². The van der Waals surface area contributed by atoms with Gasteiger partial charge in [0, 0.05) is 11.6 Å². The molecule has 0 saturated carbocycles. The minimum atomic E-state index is -0.595. The largest absolute Gasteiger partial charge is 0.452 e. The molecule has 1 amide bonds. The number of nitrogens with one attached hydrogen (secondary N) is 1. The number of halogens is 1. The summed E-state index contributed by atoms with van der Waals surface area (Å²) in [5.74, 6) is -1.01. The molecular formula is C17H16ClNO4. The van der Waals surface area contributed by atoms with Crippen LogP contribution in [0.2, 0.25) is 5.02 Å². The van der Waals surface area contributed by atoms with E-state index in [4.69, 9.17) is 21.4 Å². The van der Waals surface area contributed by atoms with Gasteiger partial charge >= 0.3 is 5.97 Å². The van der Waals surface area contributed by atoms with Gasteiger partial charge in [0.05, 0.1) is 12.2 Å². The standard InChI is InChI=1S/C17H16ClNO4/c18-15-4-2-1-3-14(15)9-19-16(21)11-23-17(22)13-7-5-12(10-20)6-8-13/h1-8,20H,9-11H2,(H,19,21). The molecular weight excluding hydrogens is 318 g/mol. The van der Waals surface area contributed by atoms with Gasteiger partial charge < -0.3 is 15.2 Å². The molecule has 0 atom stereocenters. The number of hydrogen-bond donors (Lipinski definition) is 2. The first kappa shape index (κ1) is 17.0. The maximum absolute atomic E-state index is 11.8. The van der Waals surface area contributed by atoms with E-state index in [0.29, 0.717) is 16.1 Å². The Morgan fingerprint density at radius 1 is 1.09 bits per heavy atom. The molecule has 0 saturated heterocycles. The number of amides is 1. The van der Waals surface area contributed by atoms with E-state index in [1.807, 2.05) is 6.07 Å². The summed E-state index contributed by atoms with van der Waals surface area (Å²) in [6, 6.07) is 13.5. The van der Waals surface area contributed by atoms with Crippen LogP contribution in [-0.2, 0) is 22.7 Å². The van der Waals surface area contributed by atoms with E-state index in [0.717, 1.165) is 5.56 Å². The lowest BCUT2D eigenvalue weighted by Crippen LogP contribution is -2.28. The SMILES string of the molecule is O=C(COC(=O)c1ccc(CO)cc1)NCc1ccccc1Cl. The fourth-order valence-electron chi connectivity index (χ4n) is 1.85. The first-order valence-electron chi connectivity index (χ1n) is 6.97. The van der Waals surface area contributed by atoms with Crippen LogP contribution in [0.4, 0.5) is 0 Å². The van der Waals surface area contributed by atoms with Crippen molar-refractivity contribution in [2.75, 3.05) is 6.61 Å². The summed E-state index contributed by atoms with van der Waals surface area (Å²) in [4.78, 5) is 23.5. The van der Waals surface area contributed by atoms with Crippen LogP contribution in [0.1, 0.15) is 21.5 Å². The smallest absolute Gasteiger partial charge is 0.338 e. The number of aliphatic hydroxyl groups is 1. The monoisotopic (exact) mass is 333 g/mol. The van der Waals surface area contributed by atoms with E-state index in [9.17, 15) is 9.59 Å². The third kappa shape index (κ3) is 5.09. The number of aliphatic hydroxyl groups excluding tert-OH is 1. The van der Waals surface area contributed by atoms with Crippen molar-refractivity contribution in [2.45, 2.75) is 13.2 Å². The second-order valence-corrected chi connectivity index (χ2v) is 5.21. The van der Waals surface area contributed by atoms with Gasteiger partial charge in [-0.25, -0.2) is 4.79 Å². The molecule has 2 N–H and O–H groups in total. The predicted octanol–water partition coefficient (Wildman–Crippen LogP) is 2.31. The van der Waals surface area contributed by atoms with Crippen molar-refractivity contribution >= 4 is 23.5 Å². The first-order valence-corrected chi connectivity index (χ1v) is 7.35. The van der Waals surface area contributed by atoms with Crippen LogP contribution >= 0.6 is 11.6 Å². The van der Waals surface area contributed by atoms with Gasteiger partial charge in [-0.2, -0.15) is 0 Å². The number of benzene rings is 2. The van der Waals surface area contributed by atoms with Crippen LogP contribution in [0.5, 0.6) is 0 Å². The van der Waals surface area contributed by atoms with Crippen LogP contribution < -0.4 is 5.32 Å². The number of hydrogen-bond acceptors (Lipinski definition) is 4. The van der Waals surface area contributed by atoms with E-state index in [2.05, 4.69) is 5.32 Å². The maximum atomic E-state index is 11.8. The zero-order chi connectivity index (χ0) is 16.7. The average molecular weight is 334 g/mol. The minimum absolute atomic E-state index is 0.0974. The normalized spacial score (nSPS) is 10.2. The van der Waals surface area contributed by atoms with E-state index in [1.54, 1.807) is 30.3 Å². The summed E-state index contributed by atoms with van der Waals surface area (Å²) in [5.41, 5.74) is 1.80. The lowest BCUT2D eigenvalue weighted by Gasteiger charge is -2.08. The molecule has 6 heteroatoms. The lowest BCUT2D eigenvalue weighted by molar-refractivity contribution is -0.124. The number of esters is 1. The first-order chi connectivity index (χ1) is 11.1. The highest BCUT2D eigenvalue weighted by Crippen LogP contribution is 2.14. The van der Waals surface area contributed by atoms with Gasteiger partial charge in [0.25, 0.3) is 5.91 Å². The van der Waals surface area contributed by atoms with Crippen molar-refractivity contribution in [3.63, 3.8) is 0 Å². The second kappa shape index (κ2) is 8.31. The van der Waals surface area contributed by atoms with Crippen molar-refractivity contribution < 1.29 is 19.4 Å². The van der Waals surface area contributed by atoms with Crippen LogP contribution in [0.15, 0.2) is 48.5 Å². The van der Waals surface area contributed by atoms with E-state index in [1.165, 1.54) is 12.1 Å². The van der Waals surface area contributed by atoms with E-state index >= 15 is 0 Å². The van der Waals surface area contributed by atoms with Gasteiger partial charge in [-0.05, 0) is 29.3 Å². The molecule has 0 aliphatic heterocycles. The Morgan fingerprint density at radius 3 is 2.43 bits per heavy atom. The number of ether oxygens (including phenoxy) is 1. The molecule has 120 valence electrons. The molecule has 0 fully saturated rings. The summed E-state index contributed by atoms with van der Waals surface area (Å²) in [7, 11) is 0. The molecule has 0 heterocycles. The highest BCUT2D eigenvalue weighted by atomic mass is 35.5. The topological polar surface area (TPSA) is 75.6 Å². The third-order valence-corrected chi connectivity index (χ3v) is 3.51. The molecule has 23 heavy (non-hydrogen) atoms. The third-order valence-electron chi connectivity index (χ3n) is 3.14. The fraction of sp³-hybridized carbons (Fsp3) is 0.176. The summed E-state index contributed by atoms with van der Waals surface area (Å²) in [6.45, 7) is -0.202. The van der Waals surface area contributed by atoms with Gasteiger partial charge in [0.15, 0.2) is 6.61 Å². The summed E-state index contributed by atoms with van der Waals surface area (Å²) in [5, 5.41) is 12.1. The quantitative estimate of drug-likeness (QED) is 0.795. The maximum Gasteiger partial charge on any atom is 0.338 e. The van der Waals surface area contributed by atoms with E-state index < -0.39 is 11.9 Å². The van der Waals surface area contributed by atoms with Crippen molar-refractivity contribution in [3.05, 3.63) is 70.2 Å². The molecule has 0 bridgehead atoms. The van der Waals surface area contributed by atoms with Crippen molar-refractivity contribution in [2.24, 2.45) is 0 Å². The molecule has 2 aromatic rings. The molecule has 5 nitrogen and oxygen atoms in total. The predicted molar refractivity (Wildman–Crippen MR) is 85.9 cm³/mol. The Labute approximate surface area is 138 Å². The number of carbonyl (C=O) groups excluding carboxylic acids is 2. The molecule has 0 spiro atoms. The molecule has 0 aliphatic rings. The zero-order valence-electron chi connectivity index (χ0n) is 12.3. The average Bonchev–Trinajstić information content (AvgIpc) is 2.59. The van der Waals surface area contributed by atoms with Crippen molar-refractivity contribution in [3.8, 4) is 0 Å². The minimum Gasteiger partial charge on any atom is -0.452 e. The van der Waals surface area contributed by atoms with E-state index in [-0.39, 0.29) is 19.8 Å². The second-order valence-electron chi connectivity index (χ2n) is 4.80. The van der Waals surface area contributed by atoms with Crippen LogP contribution in [-0.4, -0.2) is 23.6 Å². The van der Waals surface area contributed by atoms with Gasteiger partial charge in [0.2, 0.25) is 0 Å². The van der Waals surface area contributed by atoms with Gasteiger partial charge in [-0.3, -0.25) is 4.79 Å². The number of rotatable bonds is 6. The Balaban J connectivity index is 1.79. The van der Waals surface area contributed by atoms with Crippen LogP contribution in [0.3, 0.4) is 0 Å². The summed E-state index contributed by atoms with van der Waals surface area (Å²) >= 11 is 5.99. The molecule has 0 aliphatic carbocycles. The molecule has 0 radical (unpaired) electrons. The molecule has 2 aromatic carbocycles. The molecule has 2 rings (SSSR count). The molecule has 0 aromatic heterocycles. The Morgan fingerprint density at radius 2 is 1.78 bits per heavy atom. The Kier molecular flexibility index (Phi) is 6.14. The Hall–Kier alpha value is -2.37. The highest BCUT2D eigenvalue weighted by Gasteiger charge is 2.10. The van der Waals surface area contributed by atoms with Gasteiger partial charge in [0.1, 0.15) is 0 Å². The van der Waals surface area contributed by atoms with Crippen molar-refractivity contribution in [1.29, 1.82) is 0 Å². The van der Waals surface area contributed by atoms with Gasteiger partial charge in [-0.1, -0.05) is 41.9 Å². The number of carbonyl (C=O) groups is 2. The highest BCUT2D eigenvalue weighted by molar-refractivity contribution is 6.31. The molecule has 0 unspecified atom stereocenters. The fourth-order valence-corrected chi connectivity index (χ4v) is 2.05. The van der Waals surface area contributed by atoms with Crippen molar-refractivity contribution in [1.82, 2.24) is 5.32 Å². The lowest BCUT2D eigenvalue weighted by atomic mass is 10.1. The summed E-state index contributed by atoms with van der Waals surface area (Å²) in [6.07, 6.45) is 0. The Bertz CT molecular complexity index is 685.